The van der Waals surface area contributed by atoms with Crippen molar-refractivity contribution in [3.05, 3.63) is 36.2 Å². The number of rotatable bonds is 14. The van der Waals surface area contributed by atoms with Crippen LogP contribution in [-0.4, -0.2) is 120 Å². The molecule has 0 unspecified atom stereocenters. The number of carbonyl (C=O) groups is 3. The predicted octanol–water partition coefficient (Wildman–Crippen LogP) is 7.39. The van der Waals surface area contributed by atoms with Crippen molar-refractivity contribution in [3.63, 3.8) is 0 Å². The van der Waals surface area contributed by atoms with Crippen LogP contribution in [0.1, 0.15) is 105 Å². The van der Waals surface area contributed by atoms with E-state index in [1.54, 1.807) is 9.58 Å². The number of nitrogens with one attached hydrogen (secondary N) is 2. The molecule has 3 amide bonds. The third-order valence-corrected chi connectivity index (χ3v) is 9.92. The summed E-state index contributed by atoms with van der Waals surface area (Å²) in [4.78, 5) is 51.9. The van der Waals surface area contributed by atoms with E-state index in [1.807, 2.05) is 76.9 Å². The maximum Gasteiger partial charge on any atom is 0.471 e. The number of aromatic nitrogens is 5. The summed E-state index contributed by atoms with van der Waals surface area (Å²) in [6.07, 6.45) is 3.25. The number of likely N-dealkylation sites (tertiary alicyclic amines) is 1. The van der Waals surface area contributed by atoms with Gasteiger partial charge in [-0.05, 0) is 92.2 Å². The molecule has 1 saturated carbocycles. The molecule has 58 heavy (non-hydrogen) atoms. The van der Waals surface area contributed by atoms with E-state index in [-0.39, 0.29) is 37.8 Å². The number of halogens is 3. The molecule has 2 N–H and O–H groups in total. The summed E-state index contributed by atoms with van der Waals surface area (Å²) >= 11 is 0. The van der Waals surface area contributed by atoms with Crippen LogP contribution in [0.3, 0.4) is 0 Å². The summed E-state index contributed by atoms with van der Waals surface area (Å²) in [5.41, 5.74) is 0.0461. The topological polar surface area (TPSA) is 160 Å². The Morgan fingerprint density at radius 3 is 2.17 bits per heavy atom. The average molecular weight is 817 g/mol. The molecule has 2 aromatic heterocycles. The number of hydrogen-bond acceptors (Lipinski definition) is 11. The Labute approximate surface area is 338 Å². The van der Waals surface area contributed by atoms with Gasteiger partial charge in [0.25, 0.3) is 0 Å². The van der Waals surface area contributed by atoms with Crippen molar-refractivity contribution in [1.29, 1.82) is 0 Å². The first-order valence-corrected chi connectivity index (χ1v) is 20.3. The van der Waals surface area contributed by atoms with Crippen LogP contribution in [-0.2, 0) is 27.4 Å². The number of anilines is 2. The zero-order valence-electron chi connectivity index (χ0n) is 34.6. The molecule has 0 radical (unpaired) electrons. The van der Waals surface area contributed by atoms with Crippen molar-refractivity contribution in [2.45, 2.75) is 142 Å². The lowest BCUT2D eigenvalue weighted by molar-refractivity contribution is -0.186. The van der Waals surface area contributed by atoms with Crippen molar-refractivity contribution < 1.29 is 37.0 Å². The lowest BCUT2D eigenvalue weighted by Gasteiger charge is -2.36. The Bertz CT molecular complexity index is 1830. The predicted molar refractivity (Wildman–Crippen MR) is 213 cm³/mol. The molecular formula is C40H59F3N10O5. The Balaban J connectivity index is 1.15. The molecule has 1 aliphatic heterocycles. The first-order valence-electron chi connectivity index (χ1n) is 20.3. The number of alkyl halides is 3. The van der Waals surface area contributed by atoms with Gasteiger partial charge in [-0.2, -0.15) is 18.2 Å². The van der Waals surface area contributed by atoms with E-state index in [0.717, 1.165) is 36.0 Å². The smallest absolute Gasteiger partial charge is 0.444 e. The SMILES string of the molecule is CC(C)(C)OC(=O)N(CCCN(C(=O)OC(C)(C)C)C1CCCCC1)CCCn1cc(CNc2nc(NC3CCN(C(=O)C(F)(F)F)CC3)c3ccccc3n2)nn1. The molecule has 1 aliphatic carbocycles. The molecule has 0 spiro atoms. The minimum absolute atomic E-state index is 0.00615. The van der Waals surface area contributed by atoms with Gasteiger partial charge in [-0.15, -0.1) is 5.10 Å². The third-order valence-electron chi connectivity index (χ3n) is 9.92. The zero-order chi connectivity index (χ0) is 42.1. The van der Waals surface area contributed by atoms with Crippen LogP contribution in [0.25, 0.3) is 10.9 Å². The molecule has 2 aliphatic rings. The van der Waals surface area contributed by atoms with Crippen LogP contribution in [0.15, 0.2) is 30.5 Å². The highest BCUT2D eigenvalue weighted by molar-refractivity contribution is 5.90. The Morgan fingerprint density at radius 2 is 1.50 bits per heavy atom. The van der Waals surface area contributed by atoms with Gasteiger partial charge >= 0.3 is 24.3 Å². The van der Waals surface area contributed by atoms with Crippen molar-refractivity contribution in [2.24, 2.45) is 0 Å². The second-order valence-corrected chi connectivity index (χ2v) is 17.1. The first-order chi connectivity index (χ1) is 27.3. The molecule has 320 valence electrons. The number of carbonyl (C=O) groups excluding carboxylic acids is 3. The fourth-order valence-corrected chi connectivity index (χ4v) is 7.18. The van der Waals surface area contributed by atoms with E-state index >= 15 is 0 Å². The summed E-state index contributed by atoms with van der Waals surface area (Å²) in [6.45, 7) is 13.2. The maximum absolute atomic E-state index is 13.3. The van der Waals surface area contributed by atoms with Gasteiger partial charge in [0.2, 0.25) is 5.95 Å². The molecule has 15 nitrogen and oxygen atoms in total. The van der Waals surface area contributed by atoms with Crippen molar-refractivity contribution in [1.82, 2.24) is 39.7 Å². The van der Waals surface area contributed by atoms with Gasteiger partial charge < -0.3 is 34.8 Å². The van der Waals surface area contributed by atoms with Gasteiger partial charge in [-0.25, -0.2) is 14.6 Å². The molecule has 18 heteroatoms. The van der Waals surface area contributed by atoms with E-state index in [1.165, 1.54) is 6.42 Å². The minimum atomic E-state index is -4.89. The number of para-hydroxylation sites is 1. The first kappa shape index (κ1) is 44.2. The standard InChI is InChI=1S/C40H59F3N10O5/c1-38(2,3)57-36(55)51(21-13-23-53(30-14-8-7-9-15-30)37(56)58-39(4,5)6)20-12-22-52-27-29(48-49-52)26-44-35-46-32-17-11-10-16-31(32)33(47-35)45-28-18-24-50(25-19-28)34(54)40(41,42)43/h10-11,16-17,27-28,30H,7-9,12-15,18-26H2,1-6H3,(H2,44,45,46,47). The largest absolute Gasteiger partial charge is 0.471 e. The average Bonchev–Trinajstić information content (AvgIpc) is 3.61. The second kappa shape index (κ2) is 19.2. The molecule has 3 aromatic rings. The molecule has 1 saturated heterocycles. The van der Waals surface area contributed by atoms with Crippen LogP contribution in [0.2, 0.25) is 0 Å². The monoisotopic (exact) mass is 816 g/mol. The molecule has 5 rings (SSSR count). The number of hydrogen-bond donors (Lipinski definition) is 2. The Kier molecular flexibility index (Phi) is 14.7. The van der Waals surface area contributed by atoms with E-state index in [4.69, 9.17) is 9.47 Å². The number of piperidine rings is 1. The highest BCUT2D eigenvalue weighted by Crippen LogP contribution is 2.28. The molecule has 2 fully saturated rings. The van der Waals surface area contributed by atoms with Gasteiger partial charge in [0.05, 0.1) is 18.3 Å². The van der Waals surface area contributed by atoms with Gasteiger partial charge in [-0.3, -0.25) is 9.48 Å². The quantitative estimate of drug-likeness (QED) is 0.167. The summed E-state index contributed by atoms with van der Waals surface area (Å²) in [7, 11) is 0. The van der Waals surface area contributed by atoms with E-state index < -0.39 is 29.4 Å². The molecule has 1 aromatic carbocycles. The normalized spacial score (nSPS) is 15.9. The lowest BCUT2D eigenvalue weighted by Crippen LogP contribution is -2.47. The number of ether oxygens (including phenoxy) is 2. The minimum Gasteiger partial charge on any atom is -0.444 e. The van der Waals surface area contributed by atoms with Crippen LogP contribution < -0.4 is 10.6 Å². The fourth-order valence-electron chi connectivity index (χ4n) is 7.18. The zero-order valence-corrected chi connectivity index (χ0v) is 34.6. The molecule has 0 bridgehead atoms. The van der Waals surface area contributed by atoms with Gasteiger partial charge in [-0.1, -0.05) is 36.6 Å². The van der Waals surface area contributed by atoms with Crippen LogP contribution in [0, 0.1) is 0 Å². The van der Waals surface area contributed by atoms with Crippen molar-refractivity contribution in [2.75, 3.05) is 43.4 Å². The van der Waals surface area contributed by atoms with E-state index in [2.05, 4.69) is 30.9 Å². The van der Waals surface area contributed by atoms with E-state index in [0.29, 0.717) is 74.8 Å². The lowest BCUT2D eigenvalue weighted by atomic mass is 9.94. The number of nitrogens with zero attached hydrogens (tertiary/aromatic N) is 8. The van der Waals surface area contributed by atoms with Gasteiger partial charge in [0.15, 0.2) is 0 Å². The Morgan fingerprint density at radius 1 is 0.845 bits per heavy atom. The second-order valence-electron chi connectivity index (χ2n) is 17.1. The Hall–Kier alpha value is -4.90. The maximum atomic E-state index is 13.3. The van der Waals surface area contributed by atoms with E-state index in [9.17, 15) is 27.6 Å². The van der Waals surface area contributed by atoms with Crippen molar-refractivity contribution >= 4 is 40.8 Å². The number of aryl methyl sites for hydroxylation is 1. The summed E-state index contributed by atoms with van der Waals surface area (Å²) in [5.74, 6) is -0.935. The van der Waals surface area contributed by atoms with Gasteiger partial charge in [0.1, 0.15) is 22.7 Å². The summed E-state index contributed by atoms with van der Waals surface area (Å²) in [6, 6.07) is 7.38. The number of benzene rings is 1. The van der Waals surface area contributed by atoms with Crippen LogP contribution in [0.5, 0.6) is 0 Å². The van der Waals surface area contributed by atoms with Crippen molar-refractivity contribution in [3.8, 4) is 0 Å². The van der Waals surface area contributed by atoms with Gasteiger partial charge in [0, 0.05) is 56.7 Å². The fraction of sp³-hybridized carbons (Fsp3) is 0.675. The number of fused-ring (bicyclic) bond motifs is 1. The summed E-state index contributed by atoms with van der Waals surface area (Å²) in [5, 5.41) is 15.9. The van der Waals surface area contributed by atoms with Crippen LogP contribution in [0.4, 0.5) is 34.5 Å². The highest BCUT2D eigenvalue weighted by Gasteiger charge is 2.43. The van der Waals surface area contributed by atoms with Crippen LogP contribution >= 0.6 is 0 Å². The third kappa shape index (κ3) is 13.3. The molecular weight excluding hydrogens is 757 g/mol. The molecule has 0 atom stereocenters. The summed E-state index contributed by atoms with van der Waals surface area (Å²) < 4.78 is 52.0. The molecule has 3 heterocycles. The number of amides is 3. The highest BCUT2D eigenvalue weighted by atomic mass is 19.4.